The number of hydrogen-bond donors (Lipinski definition) is 1. The summed E-state index contributed by atoms with van der Waals surface area (Å²) in [5.74, 6) is -3.52. The van der Waals surface area contributed by atoms with Gasteiger partial charge in [0.1, 0.15) is 16.5 Å². The quantitative estimate of drug-likeness (QED) is 0.193. The van der Waals surface area contributed by atoms with Gasteiger partial charge in [-0.1, -0.05) is 51.5 Å². The number of benzene rings is 2. The summed E-state index contributed by atoms with van der Waals surface area (Å²) in [6, 6.07) is 9.92. The smallest absolute Gasteiger partial charge is 0.350 e. The molecular formula is C25H20BrFN2O5S. The minimum atomic E-state index is -1.06. The largest absolute Gasteiger partial charge is 0.507 e. The predicted molar refractivity (Wildman–Crippen MR) is 133 cm³/mol. The van der Waals surface area contributed by atoms with E-state index in [2.05, 4.69) is 20.9 Å². The fourth-order valence-electron chi connectivity index (χ4n) is 3.79. The Hall–Kier alpha value is -3.37. The van der Waals surface area contributed by atoms with Crippen LogP contribution in [0.4, 0.5) is 9.52 Å². The Morgan fingerprint density at radius 3 is 2.63 bits per heavy atom. The SMILES string of the molecule is CCOC(=O)c1sc(N2C(=O)C(=O)C(=C(O)c3ccc(C)c(F)c3)[C@@H]2c2cccc(Br)c2)nc1C. The van der Waals surface area contributed by atoms with Gasteiger partial charge in [-0.15, -0.1) is 0 Å². The predicted octanol–water partition coefficient (Wildman–Crippen LogP) is 5.46. The van der Waals surface area contributed by atoms with Gasteiger partial charge in [0.05, 0.1) is 23.9 Å². The number of aliphatic hydroxyl groups excluding tert-OH is 1. The van der Waals surface area contributed by atoms with E-state index in [-0.39, 0.29) is 27.8 Å². The molecule has 180 valence electrons. The summed E-state index contributed by atoms with van der Waals surface area (Å²) in [6.07, 6.45) is 0. The molecule has 1 amide bonds. The molecule has 0 unspecified atom stereocenters. The summed E-state index contributed by atoms with van der Waals surface area (Å²) in [7, 11) is 0. The van der Waals surface area contributed by atoms with Crippen LogP contribution >= 0.6 is 27.3 Å². The van der Waals surface area contributed by atoms with Crippen LogP contribution in [0.3, 0.4) is 0 Å². The molecule has 1 aliphatic heterocycles. The molecular weight excluding hydrogens is 539 g/mol. The molecule has 1 aromatic heterocycles. The lowest BCUT2D eigenvalue weighted by atomic mass is 9.95. The first kappa shape index (κ1) is 24.7. The molecule has 0 radical (unpaired) electrons. The molecule has 2 heterocycles. The fourth-order valence-corrected chi connectivity index (χ4v) is 5.19. The molecule has 0 bridgehead atoms. The molecule has 1 N–H and O–H groups in total. The van der Waals surface area contributed by atoms with Crippen LogP contribution < -0.4 is 4.90 Å². The number of thiazole rings is 1. The van der Waals surface area contributed by atoms with Crippen LogP contribution in [-0.4, -0.2) is 34.4 Å². The van der Waals surface area contributed by atoms with Gasteiger partial charge in [0, 0.05) is 10.0 Å². The molecule has 1 fully saturated rings. The van der Waals surface area contributed by atoms with E-state index in [0.29, 0.717) is 21.3 Å². The average Bonchev–Trinajstić information content (AvgIpc) is 3.32. The van der Waals surface area contributed by atoms with Gasteiger partial charge in [0.25, 0.3) is 5.78 Å². The zero-order valence-electron chi connectivity index (χ0n) is 19.0. The number of carbonyl (C=O) groups excluding carboxylic acids is 3. The molecule has 1 saturated heterocycles. The normalized spacial score (nSPS) is 17.2. The van der Waals surface area contributed by atoms with Crippen LogP contribution in [0.25, 0.3) is 5.76 Å². The van der Waals surface area contributed by atoms with Crippen LogP contribution in [0.2, 0.25) is 0 Å². The van der Waals surface area contributed by atoms with E-state index in [1.165, 1.54) is 12.1 Å². The van der Waals surface area contributed by atoms with Crippen LogP contribution in [0.5, 0.6) is 0 Å². The topological polar surface area (TPSA) is 96.8 Å². The Balaban J connectivity index is 1.93. The molecule has 0 aliphatic carbocycles. The van der Waals surface area contributed by atoms with Crippen molar-refractivity contribution in [3.8, 4) is 0 Å². The van der Waals surface area contributed by atoms with Crippen LogP contribution in [0.15, 0.2) is 52.5 Å². The Morgan fingerprint density at radius 1 is 1.23 bits per heavy atom. The summed E-state index contributed by atoms with van der Waals surface area (Å²) >= 11 is 4.31. The monoisotopic (exact) mass is 558 g/mol. The Morgan fingerprint density at radius 2 is 1.97 bits per heavy atom. The van der Waals surface area contributed by atoms with Crippen molar-refractivity contribution in [3.63, 3.8) is 0 Å². The van der Waals surface area contributed by atoms with Gasteiger partial charge >= 0.3 is 11.9 Å². The van der Waals surface area contributed by atoms with Gasteiger partial charge < -0.3 is 9.84 Å². The molecule has 1 aliphatic rings. The van der Waals surface area contributed by atoms with E-state index in [4.69, 9.17) is 4.74 Å². The van der Waals surface area contributed by atoms with Crippen molar-refractivity contribution in [1.82, 2.24) is 4.98 Å². The number of ether oxygens (including phenoxy) is 1. The molecule has 3 aromatic rings. The van der Waals surface area contributed by atoms with E-state index in [1.54, 1.807) is 45.0 Å². The number of aromatic nitrogens is 1. The maximum absolute atomic E-state index is 14.2. The number of nitrogens with zero attached hydrogens (tertiary/aromatic N) is 2. The number of aryl methyl sites for hydroxylation is 2. The van der Waals surface area contributed by atoms with Gasteiger partial charge in [0.15, 0.2) is 5.13 Å². The molecule has 0 spiro atoms. The molecule has 1 atom stereocenters. The summed E-state index contributed by atoms with van der Waals surface area (Å²) in [6.45, 7) is 5.02. The van der Waals surface area contributed by atoms with Crippen molar-refractivity contribution in [3.05, 3.63) is 85.6 Å². The molecule has 2 aromatic carbocycles. The van der Waals surface area contributed by atoms with Crippen molar-refractivity contribution in [2.75, 3.05) is 11.5 Å². The zero-order chi connectivity index (χ0) is 25.4. The standard InChI is InChI=1S/C25H20BrFN2O5S/c1-4-34-24(33)22-13(3)28-25(35-22)29-19(14-6-5-7-16(26)10-14)18(21(31)23(29)32)20(30)15-9-8-12(2)17(27)11-15/h5-11,19,30H,4H2,1-3H3/t19-/m0/s1. The number of esters is 1. The van der Waals surface area contributed by atoms with Crippen LogP contribution in [0.1, 0.15) is 45.0 Å². The van der Waals surface area contributed by atoms with Crippen molar-refractivity contribution in [2.24, 2.45) is 0 Å². The minimum absolute atomic E-state index is 0.0635. The second-order valence-corrected chi connectivity index (χ2v) is 9.71. The van der Waals surface area contributed by atoms with Crippen molar-refractivity contribution >= 4 is 55.8 Å². The maximum Gasteiger partial charge on any atom is 0.350 e. The summed E-state index contributed by atoms with van der Waals surface area (Å²) in [5, 5.41) is 11.2. The number of amides is 1. The van der Waals surface area contributed by atoms with Gasteiger partial charge in [-0.25, -0.2) is 14.2 Å². The highest BCUT2D eigenvalue weighted by Crippen LogP contribution is 2.44. The fraction of sp³-hybridized carbons (Fsp3) is 0.200. The second kappa shape index (κ2) is 9.71. The van der Waals surface area contributed by atoms with Gasteiger partial charge in [-0.3, -0.25) is 14.5 Å². The number of anilines is 1. The minimum Gasteiger partial charge on any atom is -0.507 e. The Kier molecular flexibility index (Phi) is 6.86. The first-order chi connectivity index (χ1) is 16.6. The lowest BCUT2D eigenvalue weighted by molar-refractivity contribution is -0.132. The van der Waals surface area contributed by atoms with Gasteiger partial charge in [-0.05, 0) is 50.1 Å². The highest BCUT2D eigenvalue weighted by Gasteiger charge is 2.48. The number of halogens is 2. The first-order valence-electron chi connectivity index (χ1n) is 10.6. The zero-order valence-corrected chi connectivity index (χ0v) is 21.4. The molecule has 4 rings (SSSR count). The third-order valence-electron chi connectivity index (χ3n) is 5.51. The highest BCUT2D eigenvalue weighted by atomic mass is 79.9. The summed E-state index contributed by atoms with van der Waals surface area (Å²) < 4.78 is 20.0. The van der Waals surface area contributed by atoms with E-state index in [0.717, 1.165) is 22.3 Å². The summed E-state index contributed by atoms with van der Waals surface area (Å²) in [5.41, 5.74) is 1.09. The Bertz CT molecular complexity index is 1400. The highest BCUT2D eigenvalue weighted by molar-refractivity contribution is 9.10. The van der Waals surface area contributed by atoms with E-state index >= 15 is 0 Å². The maximum atomic E-state index is 14.2. The number of aliphatic hydroxyl groups is 1. The van der Waals surface area contributed by atoms with E-state index < -0.39 is 35.3 Å². The average molecular weight is 559 g/mol. The van der Waals surface area contributed by atoms with E-state index in [9.17, 15) is 23.9 Å². The third kappa shape index (κ3) is 4.51. The lowest BCUT2D eigenvalue weighted by Crippen LogP contribution is -2.29. The van der Waals surface area contributed by atoms with Crippen LogP contribution in [-0.2, 0) is 14.3 Å². The van der Waals surface area contributed by atoms with Crippen molar-refractivity contribution in [2.45, 2.75) is 26.8 Å². The van der Waals surface area contributed by atoms with Crippen molar-refractivity contribution < 1.29 is 28.6 Å². The number of ketones is 1. The van der Waals surface area contributed by atoms with Gasteiger partial charge in [0.2, 0.25) is 0 Å². The third-order valence-corrected chi connectivity index (χ3v) is 7.14. The number of rotatable bonds is 5. The van der Waals surface area contributed by atoms with Gasteiger partial charge in [-0.2, -0.15) is 0 Å². The molecule has 35 heavy (non-hydrogen) atoms. The molecule has 7 nitrogen and oxygen atoms in total. The number of hydrogen-bond acceptors (Lipinski definition) is 7. The first-order valence-corrected chi connectivity index (χ1v) is 12.2. The van der Waals surface area contributed by atoms with Crippen molar-refractivity contribution in [1.29, 1.82) is 0 Å². The molecule has 10 heteroatoms. The molecule has 0 saturated carbocycles. The second-order valence-electron chi connectivity index (χ2n) is 7.82. The number of carbonyl (C=O) groups is 3. The van der Waals surface area contributed by atoms with Crippen LogP contribution in [0, 0.1) is 19.7 Å². The summed E-state index contributed by atoms with van der Waals surface area (Å²) in [4.78, 5) is 44.5. The lowest BCUT2D eigenvalue weighted by Gasteiger charge is -2.23. The van der Waals surface area contributed by atoms with E-state index in [1.807, 2.05) is 0 Å². The Labute approximate surface area is 213 Å². The number of Topliss-reactive ketones (excluding diaryl/α,β-unsaturated/α-hetero) is 1.